The number of amides is 2. The third-order valence-electron chi connectivity index (χ3n) is 5.21. The molecule has 3 rings (SSSR count). The number of benzene rings is 1. The first-order chi connectivity index (χ1) is 14.1. The van der Waals surface area contributed by atoms with Gasteiger partial charge in [0.15, 0.2) is 5.76 Å². The fourth-order valence-corrected chi connectivity index (χ4v) is 3.44. The molecule has 1 aromatic carbocycles. The Labute approximate surface area is 171 Å². The Balaban J connectivity index is 1.52. The van der Waals surface area contributed by atoms with Crippen molar-refractivity contribution in [1.29, 1.82) is 0 Å². The number of likely N-dealkylation sites (N-methyl/N-ethyl adjacent to an activating group) is 1. The Hall–Kier alpha value is -2.80. The lowest BCUT2D eigenvalue weighted by Crippen LogP contribution is -2.51. The second-order valence-electron chi connectivity index (χ2n) is 7.01. The van der Waals surface area contributed by atoms with Gasteiger partial charge in [-0.1, -0.05) is 18.2 Å². The van der Waals surface area contributed by atoms with Crippen molar-refractivity contribution in [3.05, 3.63) is 54.0 Å². The van der Waals surface area contributed by atoms with E-state index in [4.69, 9.17) is 9.15 Å². The number of hydrogen-bond donors (Lipinski definition) is 0. The molecule has 2 aromatic rings. The standard InChI is InChI=1S/C22H29N3O4/c1-3-24(4-2)20(26)16-23-11-13-25(14-12-23)22(27)21-18(10-15-28-21)17-29-19-8-6-5-7-9-19/h5-10,15H,3-4,11-14,16-17H2,1-2H3. The molecular formula is C22H29N3O4. The van der Waals surface area contributed by atoms with Gasteiger partial charge in [-0.3, -0.25) is 14.5 Å². The monoisotopic (exact) mass is 399 g/mol. The topological polar surface area (TPSA) is 66.2 Å². The fraction of sp³-hybridized carbons (Fsp3) is 0.455. The van der Waals surface area contributed by atoms with E-state index in [1.165, 1.54) is 6.26 Å². The summed E-state index contributed by atoms with van der Waals surface area (Å²) in [5.74, 6) is 1.09. The van der Waals surface area contributed by atoms with E-state index in [1.54, 1.807) is 11.0 Å². The lowest BCUT2D eigenvalue weighted by Gasteiger charge is -2.35. The first-order valence-electron chi connectivity index (χ1n) is 10.2. The Morgan fingerprint density at radius 3 is 2.38 bits per heavy atom. The van der Waals surface area contributed by atoms with Crippen LogP contribution in [0.4, 0.5) is 0 Å². The van der Waals surface area contributed by atoms with Crippen LogP contribution in [0.1, 0.15) is 30.0 Å². The summed E-state index contributed by atoms with van der Waals surface area (Å²) in [6, 6.07) is 11.3. The lowest BCUT2D eigenvalue weighted by molar-refractivity contribution is -0.132. The average molecular weight is 399 g/mol. The second kappa shape index (κ2) is 10.1. The molecule has 7 heteroatoms. The lowest BCUT2D eigenvalue weighted by atomic mass is 10.2. The van der Waals surface area contributed by atoms with Crippen molar-refractivity contribution in [2.75, 3.05) is 45.8 Å². The predicted octanol–water partition coefficient (Wildman–Crippen LogP) is 2.48. The van der Waals surface area contributed by atoms with Crippen molar-refractivity contribution < 1.29 is 18.7 Å². The van der Waals surface area contributed by atoms with Crippen LogP contribution in [0.25, 0.3) is 0 Å². The van der Waals surface area contributed by atoms with E-state index >= 15 is 0 Å². The van der Waals surface area contributed by atoms with Gasteiger partial charge < -0.3 is 19.0 Å². The molecule has 0 aliphatic carbocycles. The number of hydrogen-bond acceptors (Lipinski definition) is 5. The molecule has 0 saturated carbocycles. The van der Waals surface area contributed by atoms with Gasteiger partial charge in [0.2, 0.25) is 5.91 Å². The summed E-state index contributed by atoms with van der Waals surface area (Å²) in [5, 5.41) is 0. The summed E-state index contributed by atoms with van der Waals surface area (Å²) in [6.45, 7) is 8.60. The van der Waals surface area contributed by atoms with E-state index in [-0.39, 0.29) is 18.4 Å². The molecule has 1 saturated heterocycles. The number of furan rings is 1. The predicted molar refractivity (Wildman–Crippen MR) is 110 cm³/mol. The number of piperazine rings is 1. The molecule has 1 aliphatic rings. The quantitative estimate of drug-likeness (QED) is 0.682. The van der Waals surface area contributed by atoms with Gasteiger partial charge in [0.25, 0.3) is 5.91 Å². The van der Waals surface area contributed by atoms with Gasteiger partial charge in [0.1, 0.15) is 12.4 Å². The zero-order chi connectivity index (χ0) is 20.6. The Morgan fingerprint density at radius 1 is 1.03 bits per heavy atom. The zero-order valence-corrected chi connectivity index (χ0v) is 17.2. The molecule has 0 unspecified atom stereocenters. The van der Waals surface area contributed by atoms with Gasteiger partial charge in [0, 0.05) is 44.8 Å². The normalized spacial score (nSPS) is 14.6. The van der Waals surface area contributed by atoms with Crippen LogP contribution in [0.15, 0.2) is 47.1 Å². The summed E-state index contributed by atoms with van der Waals surface area (Å²) in [6.07, 6.45) is 1.52. The molecule has 1 aliphatic heterocycles. The summed E-state index contributed by atoms with van der Waals surface area (Å²) in [7, 11) is 0. The van der Waals surface area contributed by atoms with E-state index in [0.717, 1.165) is 24.4 Å². The van der Waals surface area contributed by atoms with Gasteiger partial charge in [-0.05, 0) is 32.0 Å². The first kappa shape index (κ1) is 20.9. The summed E-state index contributed by atoms with van der Waals surface area (Å²) in [4.78, 5) is 30.9. The Bertz CT molecular complexity index is 793. The number of para-hydroxylation sites is 1. The van der Waals surface area contributed by atoms with Crippen LogP contribution in [-0.2, 0) is 11.4 Å². The minimum atomic E-state index is -0.128. The highest BCUT2D eigenvalue weighted by atomic mass is 16.5. The largest absolute Gasteiger partial charge is 0.489 e. The highest BCUT2D eigenvalue weighted by Gasteiger charge is 2.27. The highest BCUT2D eigenvalue weighted by Crippen LogP contribution is 2.18. The van der Waals surface area contributed by atoms with E-state index < -0.39 is 0 Å². The molecule has 0 atom stereocenters. The van der Waals surface area contributed by atoms with Crippen molar-refractivity contribution in [2.45, 2.75) is 20.5 Å². The Morgan fingerprint density at radius 2 is 1.72 bits per heavy atom. The summed E-state index contributed by atoms with van der Waals surface area (Å²) < 4.78 is 11.2. The molecule has 1 fully saturated rings. The maximum Gasteiger partial charge on any atom is 0.290 e. The molecule has 29 heavy (non-hydrogen) atoms. The fourth-order valence-electron chi connectivity index (χ4n) is 3.44. The van der Waals surface area contributed by atoms with Crippen LogP contribution in [0, 0.1) is 0 Å². The molecular weight excluding hydrogens is 370 g/mol. The second-order valence-corrected chi connectivity index (χ2v) is 7.01. The molecule has 156 valence electrons. The molecule has 0 bridgehead atoms. The minimum absolute atomic E-state index is 0.128. The molecule has 2 amide bonds. The van der Waals surface area contributed by atoms with Crippen LogP contribution >= 0.6 is 0 Å². The number of ether oxygens (including phenoxy) is 1. The minimum Gasteiger partial charge on any atom is -0.489 e. The number of nitrogens with zero attached hydrogens (tertiary/aromatic N) is 3. The van der Waals surface area contributed by atoms with Gasteiger partial charge >= 0.3 is 0 Å². The van der Waals surface area contributed by atoms with E-state index in [9.17, 15) is 9.59 Å². The smallest absolute Gasteiger partial charge is 0.290 e. The summed E-state index contributed by atoms with van der Waals surface area (Å²) in [5.41, 5.74) is 0.734. The number of rotatable bonds is 8. The third kappa shape index (κ3) is 5.38. The van der Waals surface area contributed by atoms with Crippen molar-refractivity contribution in [3.8, 4) is 5.75 Å². The SMILES string of the molecule is CCN(CC)C(=O)CN1CCN(C(=O)c2occc2COc2ccccc2)CC1. The van der Waals surface area contributed by atoms with Crippen LogP contribution in [0.2, 0.25) is 0 Å². The number of carbonyl (C=O) groups excluding carboxylic acids is 2. The number of carbonyl (C=O) groups is 2. The summed E-state index contributed by atoms with van der Waals surface area (Å²) >= 11 is 0. The van der Waals surface area contributed by atoms with Crippen molar-refractivity contribution in [3.63, 3.8) is 0 Å². The van der Waals surface area contributed by atoms with Crippen molar-refractivity contribution >= 4 is 11.8 Å². The van der Waals surface area contributed by atoms with Crippen molar-refractivity contribution in [2.24, 2.45) is 0 Å². The highest BCUT2D eigenvalue weighted by molar-refractivity contribution is 5.93. The van der Waals surface area contributed by atoms with Crippen LogP contribution in [0.3, 0.4) is 0 Å². The van der Waals surface area contributed by atoms with E-state index in [2.05, 4.69) is 4.90 Å². The maximum absolute atomic E-state index is 12.9. The van der Waals surface area contributed by atoms with Crippen LogP contribution in [-0.4, -0.2) is 72.3 Å². The van der Waals surface area contributed by atoms with Gasteiger partial charge in [-0.25, -0.2) is 0 Å². The van der Waals surface area contributed by atoms with Gasteiger partial charge in [-0.15, -0.1) is 0 Å². The van der Waals surface area contributed by atoms with E-state index in [0.29, 0.717) is 38.5 Å². The average Bonchev–Trinajstić information content (AvgIpc) is 3.22. The molecule has 1 aromatic heterocycles. The van der Waals surface area contributed by atoms with Crippen LogP contribution < -0.4 is 4.74 Å². The Kier molecular flexibility index (Phi) is 7.30. The molecule has 0 radical (unpaired) electrons. The molecule has 0 N–H and O–H groups in total. The van der Waals surface area contributed by atoms with E-state index in [1.807, 2.05) is 49.1 Å². The van der Waals surface area contributed by atoms with Crippen molar-refractivity contribution in [1.82, 2.24) is 14.7 Å². The molecule has 2 heterocycles. The first-order valence-corrected chi connectivity index (χ1v) is 10.2. The maximum atomic E-state index is 12.9. The van der Waals surface area contributed by atoms with Gasteiger partial charge in [-0.2, -0.15) is 0 Å². The van der Waals surface area contributed by atoms with Crippen LogP contribution in [0.5, 0.6) is 5.75 Å². The molecule has 0 spiro atoms. The van der Waals surface area contributed by atoms with Gasteiger partial charge in [0.05, 0.1) is 12.8 Å². The molecule has 7 nitrogen and oxygen atoms in total. The zero-order valence-electron chi connectivity index (χ0n) is 17.2. The third-order valence-corrected chi connectivity index (χ3v) is 5.21.